The van der Waals surface area contributed by atoms with Gasteiger partial charge in [-0.05, 0) is 13.5 Å². The number of aryl methyl sites for hydroxylation is 1. The van der Waals surface area contributed by atoms with Crippen LogP contribution in [0.25, 0.3) is 0 Å². The Morgan fingerprint density at radius 1 is 1.71 bits per heavy atom. The molecule has 2 heterocycles. The Bertz CT molecular complexity index is 355. The summed E-state index contributed by atoms with van der Waals surface area (Å²) in [5, 5.41) is 3.20. The molecular weight excluding hydrogens is 234 g/mol. The van der Waals surface area contributed by atoms with E-state index in [4.69, 9.17) is 10.5 Å². The molecule has 2 atom stereocenters. The Morgan fingerprint density at radius 3 is 3.18 bits per heavy atom. The number of rotatable bonds is 4. The minimum absolute atomic E-state index is 0.0471. The zero-order valence-electron chi connectivity index (χ0n) is 10.6. The van der Waals surface area contributed by atoms with E-state index in [1.807, 2.05) is 6.92 Å². The van der Waals surface area contributed by atoms with Crippen LogP contribution in [-0.4, -0.2) is 48.3 Å². The van der Waals surface area contributed by atoms with Gasteiger partial charge in [-0.1, -0.05) is 6.92 Å². The Kier molecular flexibility index (Phi) is 4.50. The normalized spacial score (nSPS) is 23.8. The lowest BCUT2D eigenvalue weighted by molar-refractivity contribution is -0.0386. The maximum absolute atomic E-state index is 6.22. The van der Waals surface area contributed by atoms with E-state index in [0.29, 0.717) is 0 Å². The fraction of sp³-hybridized carbons (Fsp3) is 0.750. The number of thiazole rings is 1. The molecule has 2 unspecified atom stereocenters. The van der Waals surface area contributed by atoms with Crippen LogP contribution in [0, 0.1) is 6.92 Å². The van der Waals surface area contributed by atoms with Crippen molar-refractivity contribution in [2.45, 2.75) is 32.4 Å². The van der Waals surface area contributed by atoms with E-state index in [9.17, 15) is 0 Å². The van der Waals surface area contributed by atoms with Gasteiger partial charge in [-0.3, -0.25) is 4.90 Å². The van der Waals surface area contributed by atoms with Gasteiger partial charge in [0.2, 0.25) is 0 Å². The van der Waals surface area contributed by atoms with Gasteiger partial charge in [0.25, 0.3) is 0 Å². The van der Waals surface area contributed by atoms with Crippen LogP contribution in [0.15, 0.2) is 5.38 Å². The van der Waals surface area contributed by atoms with E-state index < -0.39 is 0 Å². The first-order chi connectivity index (χ1) is 8.19. The minimum atomic E-state index is 0.0471. The van der Waals surface area contributed by atoms with Gasteiger partial charge in [0.05, 0.1) is 23.4 Å². The summed E-state index contributed by atoms with van der Waals surface area (Å²) in [4.78, 5) is 6.84. The van der Waals surface area contributed by atoms with E-state index in [1.54, 1.807) is 11.3 Å². The lowest BCUT2D eigenvalue weighted by atomic mass is 10.1. The lowest BCUT2D eigenvalue weighted by Gasteiger charge is -2.34. The summed E-state index contributed by atoms with van der Waals surface area (Å²) >= 11 is 1.68. The largest absolute Gasteiger partial charge is 0.374 e. The van der Waals surface area contributed by atoms with Gasteiger partial charge in [-0.2, -0.15) is 0 Å². The van der Waals surface area contributed by atoms with E-state index >= 15 is 0 Å². The molecule has 1 aromatic heterocycles. The zero-order chi connectivity index (χ0) is 12.3. The molecule has 17 heavy (non-hydrogen) atoms. The van der Waals surface area contributed by atoms with E-state index in [1.165, 1.54) is 0 Å². The van der Waals surface area contributed by atoms with Gasteiger partial charge >= 0.3 is 0 Å². The molecule has 96 valence electrons. The third-order valence-electron chi connectivity index (χ3n) is 3.21. The van der Waals surface area contributed by atoms with Crippen molar-refractivity contribution < 1.29 is 4.74 Å². The molecule has 1 aromatic rings. The van der Waals surface area contributed by atoms with Crippen molar-refractivity contribution in [2.24, 2.45) is 5.73 Å². The third kappa shape index (κ3) is 3.48. The van der Waals surface area contributed by atoms with Crippen LogP contribution in [0.4, 0.5) is 0 Å². The highest BCUT2D eigenvalue weighted by atomic mass is 32.1. The van der Waals surface area contributed by atoms with Gasteiger partial charge in [-0.15, -0.1) is 11.3 Å². The van der Waals surface area contributed by atoms with Crippen molar-refractivity contribution in [3.63, 3.8) is 0 Å². The molecule has 0 bridgehead atoms. The number of aromatic nitrogens is 1. The second-order valence-electron chi connectivity index (χ2n) is 4.53. The van der Waals surface area contributed by atoms with Crippen LogP contribution in [0.1, 0.15) is 17.6 Å². The number of likely N-dealkylation sites (N-methyl/N-ethyl adjacent to an activating group) is 1. The van der Waals surface area contributed by atoms with Crippen molar-refractivity contribution in [1.82, 2.24) is 9.88 Å². The van der Waals surface area contributed by atoms with E-state index in [-0.39, 0.29) is 12.1 Å². The molecule has 2 rings (SSSR count). The Labute approximate surface area is 107 Å². The maximum Gasteiger partial charge on any atom is 0.0897 e. The molecule has 0 aliphatic carbocycles. The maximum atomic E-state index is 6.22. The van der Waals surface area contributed by atoms with Gasteiger partial charge in [0.1, 0.15) is 0 Å². The smallest absolute Gasteiger partial charge is 0.0897 e. The Hall–Kier alpha value is -0.490. The second-order valence-corrected chi connectivity index (χ2v) is 5.59. The number of morpholine rings is 1. The molecule has 1 aliphatic heterocycles. The highest BCUT2D eigenvalue weighted by molar-refractivity contribution is 7.09. The van der Waals surface area contributed by atoms with Gasteiger partial charge < -0.3 is 10.5 Å². The number of nitrogens with two attached hydrogens (primary N) is 1. The molecule has 0 amide bonds. The summed E-state index contributed by atoms with van der Waals surface area (Å²) in [7, 11) is 0. The molecule has 1 saturated heterocycles. The van der Waals surface area contributed by atoms with Crippen molar-refractivity contribution in [3.8, 4) is 0 Å². The predicted octanol–water partition coefficient (Wildman–Crippen LogP) is 1.04. The molecule has 5 heteroatoms. The second kappa shape index (κ2) is 5.91. The molecule has 1 aliphatic rings. The molecule has 0 saturated carbocycles. The summed E-state index contributed by atoms with van der Waals surface area (Å²) in [6.45, 7) is 8.04. The summed E-state index contributed by atoms with van der Waals surface area (Å²) in [5.41, 5.74) is 7.31. The number of ether oxygens (including phenoxy) is 1. The highest BCUT2D eigenvalue weighted by Crippen LogP contribution is 2.14. The first-order valence-electron chi connectivity index (χ1n) is 6.19. The standard InChI is InChI=1S/C12H21N3OS/c1-3-15-4-5-16-12(7-15)11(13)6-10-8-17-9(2)14-10/h8,11-12H,3-7,13H2,1-2H3. The Morgan fingerprint density at radius 2 is 2.53 bits per heavy atom. The first-order valence-corrected chi connectivity index (χ1v) is 7.07. The van der Waals surface area contributed by atoms with Crippen LogP contribution in [0.2, 0.25) is 0 Å². The first kappa shape index (κ1) is 13.0. The molecule has 4 nitrogen and oxygen atoms in total. The Balaban J connectivity index is 1.88. The average molecular weight is 255 g/mol. The van der Waals surface area contributed by atoms with Gasteiger partial charge in [-0.25, -0.2) is 4.98 Å². The summed E-state index contributed by atoms with van der Waals surface area (Å²) in [6, 6.07) is 0.0471. The topological polar surface area (TPSA) is 51.4 Å². The number of hydrogen-bond donors (Lipinski definition) is 1. The molecule has 2 N–H and O–H groups in total. The van der Waals surface area contributed by atoms with E-state index in [0.717, 1.165) is 43.4 Å². The zero-order valence-corrected chi connectivity index (χ0v) is 11.4. The molecule has 0 radical (unpaired) electrons. The molecule has 0 spiro atoms. The lowest BCUT2D eigenvalue weighted by Crippen LogP contribution is -2.51. The van der Waals surface area contributed by atoms with Crippen LogP contribution < -0.4 is 5.73 Å². The van der Waals surface area contributed by atoms with Crippen LogP contribution in [0.3, 0.4) is 0 Å². The van der Waals surface area contributed by atoms with Crippen LogP contribution in [0.5, 0.6) is 0 Å². The SMILES string of the molecule is CCN1CCOC(C(N)Cc2csc(C)n2)C1. The third-order valence-corrected chi connectivity index (χ3v) is 4.04. The number of hydrogen-bond acceptors (Lipinski definition) is 5. The van der Waals surface area contributed by atoms with Crippen LogP contribution in [-0.2, 0) is 11.2 Å². The highest BCUT2D eigenvalue weighted by Gasteiger charge is 2.25. The minimum Gasteiger partial charge on any atom is -0.374 e. The molecular formula is C12H21N3OS. The van der Waals surface area contributed by atoms with Gasteiger partial charge in [0.15, 0.2) is 0 Å². The van der Waals surface area contributed by atoms with Crippen molar-refractivity contribution in [1.29, 1.82) is 0 Å². The monoisotopic (exact) mass is 255 g/mol. The predicted molar refractivity (Wildman–Crippen MR) is 70.4 cm³/mol. The quantitative estimate of drug-likeness (QED) is 0.873. The van der Waals surface area contributed by atoms with E-state index in [2.05, 4.69) is 22.2 Å². The number of nitrogens with zero attached hydrogens (tertiary/aromatic N) is 2. The van der Waals surface area contributed by atoms with Crippen molar-refractivity contribution in [2.75, 3.05) is 26.2 Å². The average Bonchev–Trinajstić information content (AvgIpc) is 2.75. The fourth-order valence-electron chi connectivity index (χ4n) is 2.15. The van der Waals surface area contributed by atoms with Crippen molar-refractivity contribution in [3.05, 3.63) is 16.1 Å². The van der Waals surface area contributed by atoms with Gasteiger partial charge in [0, 0.05) is 30.9 Å². The fourth-order valence-corrected chi connectivity index (χ4v) is 2.78. The van der Waals surface area contributed by atoms with Crippen LogP contribution >= 0.6 is 11.3 Å². The van der Waals surface area contributed by atoms with Crippen molar-refractivity contribution >= 4 is 11.3 Å². The summed E-state index contributed by atoms with van der Waals surface area (Å²) in [6.07, 6.45) is 0.956. The molecule has 1 fully saturated rings. The summed E-state index contributed by atoms with van der Waals surface area (Å²) < 4.78 is 5.76. The molecule has 0 aromatic carbocycles. The summed E-state index contributed by atoms with van der Waals surface area (Å²) in [5.74, 6) is 0.